The van der Waals surface area contributed by atoms with Gasteiger partial charge < -0.3 is 14.6 Å². The van der Waals surface area contributed by atoms with Crippen LogP contribution in [0.3, 0.4) is 0 Å². The molecule has 2 heterocycles. The van der Waals surface area contributed by atoms with E-state index in [1.807, 2.05) is 13.8 Å². The number of amides is 1. The third-order valence-corrected chi connectivity index (χ3v) is 4.59. The quantitative estimate of drug-likeness (QED) is 0.843. The molecule has 0 aromatic carbocycles. The van der Waals surface area contributed by atoms with E-state index in [1.54, 1.807) is 13.8 Å². The first-order chi connectivity index (χ1) is 10.8. The van der Waals surface area contributed by atoms with Crippen LogP contribution in [0.25, 0.3) is 0 Å². The molecule has 2 aromatic heterocycles. The lowest BCUT2D eigenvalue weighted by Crippen LogP contribution is -2.15. The molecule has 2 aromatic rings. The molecule has 23 heavy (non-hydrogen) atoms. The minimum Gasteiger partial charge on any atom is -0.464 e. The van der Waals surface area contributed by atoms with Crippen molar-refractivity contribution in [2.45, 2.75) is 40.0 Å². The molecule has 0 atom stereocenters. The Morgan fingerprint density at radius 2 is 2.04 bits per heavy atom. The molecule has 1 amide bonds. The fourth-order valence-electron chi connectivity index (χ4n) is 2.10. The molecular weight excluding hydrogens is 318 g/mol. The Kier molecular flexibility index (Phi) is 5.15. The summed E-state index contributed by atoms with van der Waals surface area (Å²) < 4.78 is 9.78. The highest BCUT2D eigenvalue weighted by atomic mass is 32.1. The van der Waals surface area contributed by atoms with Crippen LogP contribution >= 0.6 is 11.3 Å². The number of nitrogens with one attached hydrogen (secondary N) is 1. The summed E-state index contributed by atoms with van der Waals surface area (Å²) in [5.74, 6) is -0.0132. The van der Waals surface area contributed by atoms with Gasteiger partial charge in [0.25, 0.3) is 0 Å². The van der Waals surface area contributed by atoms with Crippen LogP contribution in [0.2, 0.25) is 0 Å². The van der Waals surface area contributed by atoms with Crippen molar-refractivity contribution in [2.24, 2.45) is 0 Å². The zero-order valence-corrected chi connectivity index (χ0v) is 14.5. The molecular formula is C15H19N3O4S. The first-order valence-corrected chi connectivity index (χ1v) is 7.95. The predicted octanol–water partition coefficient (Wildman–Crippen LogP) is 2.84. The first-order valence-electron chi connectivity index (χ1n) is 7.14. The van der Waals surface area contributed by atoms with E-state index in [0.717, 1.165) is 10.4 Å². The summed E-state index contributed by atoms with van der Waals surface area (Å²) in [7, 11) is 1.31. The monoisotopic (exact) mass is 337 g/mol. The number of carbonyl (C=O) groups is 2. The summed E-state index contributed by atoms with van der Waals surface area (Å²) in [6, 6.07) is 0. The molecule has 0 aliphatic rings. The van der Waals surface area contributed by atoms with Crippen LogP contribution in [-0.4, -0.2) is 29.1 Å². The molecule has 0 saturated heterocycles. The fourth-order valence-corrected chi connectivity index (χ4v) is 3.07. The Morgan fingerprint density at radius 3 is 2.57 bits per heavy atom. The van der Waals surface area contributed by atoms with Gasteiger partial charge in [0.1, 0.15) is 5.76 Å². The Bertz CT molecular complexity index is 714. The molecule has 0 aliphatic heterocycles. The summed E-state index contributed by atoms with van der Waals surface area (Å²) in [5, 5.41) is 6.92. The van der Waals surface area contributed by atoms with Gasteiger partial charge in [-0.05, 0) is 19.8 Å². The standard InChI is InChI=1S/C15H19N3O4S/c1-7(2)13-12(14(20)21-5)17-15(23-13)16-11(19)6-10-8(3)18-22-9(10)4/h7H,6H2,1-5H3,(H,16,17,19). The number of hydrogen-bond acceptors (Lipinski definition) is 7. The molecule has 0 spiro atoms. The number of methoxy groups -OCH3 is 1. The SMILES string of the molecule is COC(=O)c1nc(NC(=O)Cc2c(C)noc2C)sc1C(C)C. The van der Waals surface area contributed by atoms with Crippen LogP contribution in [0.5, 0.6) is 0 Å². The van der Waals surface area contributed by atoms with Gasteiger partial charge in [0.15, 0.2) is 10.8 Å². The molecule has 2 rings (SSSR count). The van der Waals surface area contributed by atoms with E-state index in [2.05, 4.69) is 15.5 Å². The second-order valence-corrected chi connectivity index (χ2v) is 6.44. The van der Waals surface area contributed by atoms with E-state index in [9.17, 15) is 9.59 Å². The summed E-state index contributed by atoms with van der Waals surface area (Å²) in [6.45, 7) is 7.46. The zero-order chi connectivity index (χ0) is 17.1. The minimum absolute atomic E-state index is 0.106. The van der Waals surface area contributed by atoms with E-state index < -0.39 is 5.97 Å². The summed E-state index contributed by atoms with van der Waals surface area (Å²) in [5.41, 5.74) is 1.70. The van der Waals surface area contributed by atoms with Gasteiger partial charge in [-0.2, -0.15) is 0 Å². The number of thiazole rings is 1. The normalized spacial score (nSPS) is 10.9. The van der Waals surface area contributed by atoms with Crippen molar-refractivity contribution in [1.29, 1.82) is 0 Å². The van der Waals surface area contributed by atoms with Crippen LogP contribution in [0.4, 0.5) is 5.13 Å². The van der Waals surface area contributed by atoms with Gasteiger partial charge >= 0.3 is 5.97 Å². The molecule has 0 aliphatic carbocycles. The molecule has 8 heteroatoms. The molecule has 0 bridgehead atoms. The van der Waals surface area contributed by atoms with Crippen LogP contribution in [0.15, 0.2) is 4.52 Å². The second-order valence-electron chi connectivity index (χ2n) is 5.41. The summed E-state index contributed by atoms with van der Waals surface area (Å²) in [4.78, 5) is 28.9. The molecule has 0 saturated carbocycles. The average molecular weight is 337 g/mol. The Morgan fingerprint density at radius 1 is 1.35 bits per heavy atom. The van der Waals surface area contributed by atoms with Gasteiger partial charge in [-0.15, -0.1) is 11.3 Å². The molecule has 7 nitrogen and oxygen atoms in total. The number of aromatic nitrogens is 2. The highest BCUT2D eigenvalue weighted by Gasteiger charge is 2.22. The van der Waals surface area contributed by atoms with Gasteiger partial charge in [-0.3, -0.25) is 4.79 Å². The highest BCUT2D eigenvalue weighted by Crippen LogP contribution is 2.30. The van der Waals surface area contributed by atoms with Crippen LogP contribution in [0, 0.1) is 13.8 Å². The maximum absolute atomic E-state index is 12.2. The Balaban J connectivity index is 2.17. The fraction of sp³-hybridized carbons (Fsp3) is 0.467. The van der Waals surface area contributed by atoms with E-state index in [1.165, 1.54) is 18.4 Å². The highest BCUT2D eigenvalue weighted by molar-refractivity contribution is 7.16. The van der Waals surface area contributed by atoms with Crippen molar-refractivity contribution in [3.8, 4) is 0 Å². The lowest BCUT2D eigenvalue weighted by Gasteiger charge is -2.02. The smallest absolute Gasteiger partial charge is 0.357 e. The van der Waals surface area contributed by atoms with Crippen molar-refractivity contribution >= 4 is 28.3 Å². The van der Waals surface area contributed by atoms with Gasteiger partial charge in [-0.1, -0.05) is 19.0 Å². The number of rotatable bonds is 5. The number of ether oxygens (including phenoxy) is 1. The first kappa shape index (κ1) is 17.1. The molecule has 0 unspecified atom stereocenters. The topological polar surface area (TPSA) is 94.3 Å². The van der Waals surface area contributed by atoms with Crippen molar-refractivity contribution in [3.63, 3.8) is 0 Å². The van der Waals surface area contributed by atoms with E-state index >= 15 is 0 Å². The average Bonchev–Trinajstić information content (AvgIpc) is 3.05. The summed E-state index contributed by atoms with van der Waals surface area (Å²) >= 11 is 1.28. The van der Waals surface area contributed by atoms with Gasteiger partial charge in [-0.25, -0.2) is 9.78 Å². The van der Waals surface area contributed by atoms with Gasteiger partial charge in [0.2, 0.25) is 5.91 Å². The second kappa shape index (κ2) is 6.91. The van der Waals surface area contributed by atoms with Crippen LogP contribution in [-0.2, 0) is 16.0 Å². The summed E-state index contributed by atoms with van der Waals surface area (Å²) in [6.07, 6.45) is 0.144. The minimum atomic E-state index is -0.504. The lowest BCUT2D eigenvalue weighted by molar-refractivity contribution is -0.115. The van der Waals surface area contributed by atoms with Crippen molar-refractivity contribution in [1.82, 2.24) is 10.1 Å². The Labute approximate surface area is 138 Å². The number of anilines is 1. The zero-order valence-electron chi connectivity index (χ0n) is 13.7. The molecule has 1 N–H and O–H groups in total. The third kappa shape index (κ3) is 3.76. The number of nitrogens with zero attached hydrogens (tertiary/aromatic N) is 2. The van der Waals surface area contributed by atoms with E-state index in [-0.39, 0.29) is 23.9 Å². The van der Waals surface area contributed by atoms with E-state index in [0.29, 0.717) is 16.6 Å². The number of aryl methyl sites for hydroxylation is 2. The molecule has 0 fully saturated rings. The molecule has 0 radical (unpaired) electrons. The number of carbonyl (C=O) groups excluding carboxylic acids is 2. The lowest BCUT2D eigenvalue weighted by atomic mass is 10.1. The largest absolute Gasteiger partial charge is 0.464 e. The number of hydrogen-bond donors (Lipinski definition) is 1. The van der Waals surface area contributed by atoms with Crippen molar-refractivity contribution < 1.29 is 18.8 Å². The van der Waals surface area contributed by atoms with E-state index in [4.69, 9.17) is 9.26 Å². The van der Waals surface area contributed by atoms with Crippen LogP contribution in [0.1, 0.15) is 52.1 Å². The van der Waals surface area contributed by atoms with Gasteiger partial charge in [0.05, 0.1) is 19.2 Å². The predicted molar refractivity (Wildman–Crippen MR) is 85.9 cm³/mol. The Hall–Kier alpha value is -2.22. The van der Waals surface area contributed by atoms with Gasteiger partial charge in [0, 0.05) is 10.4 Å². The van der Waals surface area contributed by atoms with Crippen molar-refractivity contribution in [2.75, 3.05) is 12.4 Å². The van der Waals surface area contributed by atoms with Crippen molar-refractivity contribution in [3.05, 3.63) is 27.6 Å². The maximum Gasteiger partial charge on any atom is 0.357 e. The number of esters is 1. The third-order valence-electron chi connectivity index (χ3n) is 3.32. The maximum atomic E-state index is 12.2. The van der Waals surface area contributed by atoms with Crippen LogP contribution < -0.4 is 5.32 Å². The molecule has 124 valence electrons.